The van der Waals surface area contributed by atoms with Crippen LogP contribution < -0.4 is 14.2 Å². The SMILES string of the molecule is CCOC(=O)C(=O)/C=C(/O)c1cc(OC)c(OC)c(OC)c1. The lowest BCUT2D eigenvalue weighted by Gasteiger charge is -2.13. The van der Waals surface area contributed by atoms with Crippen molar-refractivity contribution in [2.75, 3.05) is 27.9 Å². The second-order valence-corrected chi connectivity index (χ2v) is 4.03. The minimum atomic E-state index is -1.04. The van der Waals surface area contributed by atoms with Gasteiger partial charge in [-0.05, 0) is 19.1 Å². The number of rotatable bonds is 7. The molecule has 0 unspecified atom stereocenters. The van der Waals surface area contributed by atoms with E-state index in [1.807, 2.05) is 0 Å². The van der Waals surface area contributed by atoms with Gasteiger partial charge < -0.3 is 24.1 Å². The fourth-order valence-electron chi connectivity index (χ4n) is 1.70. The van der Waals surface area contributed by atoms with Crippen molar-refractivity contribution in [2.45, 2.75) is 6.92 Å². The molecule has 0 saturated carbocycles. The molecule has 1 aromatic carbocycles. The quantitative estimate of drug-likeness (QED) is 0.355. The highest BCUT2D eigenvalue weighted by Gasteiger charge is 2.17. The van der Waals surface area contributed by atoms with Gasteiger partial charge in [0.15, 0.2) is 11.5 Å². The minimum absolute atomic E-state index is 0.0728. The maximum Gasteiger partial charge on any atom is 0.379 e. The molecule has 0 saturated heterocycles. The Morgan fingerprint density at radius 3 is 2.05 bits per heavy atom. The van der Waals surface area contributed by atoms with Crippen LogP contribution in [0.2, 0.25) is 0 Å². The van der Waals surface area contributed by atoms with Gasteiger partial charge >= 0.3 is 5.97 Å². The summed E-state index contributed by atoms with van der Waals surface area (Å²) in [5, 5.41) is 9.99. The lowest BCUT2D eigenvalue weighted by molar-refractivity contribution is -0.151. The molecule has 0 atom stereocenters. The highest BCUT2D eigenvalue weighted by molar-refractivity contribution is 6.39. The molecule has 22 heavy (non-hydrogen) atoms. The molecule has 0 amide bonds. The van der Waals surface area contributed by atoms with E-state index in [0.717, 1.165) is 6.08 Å². The zero-order valence-corrected chi connectivity index (χ0v) is 12.8. The number of methoxy groups -OCH3 is 3. The van der Waals surface area contributed by atoms with Gasteiger partial charge in [0.05, 0.1) is 27.9 Å². The molecule has 0 aliphatic heterocycles. The molecule has 1 rings (SSSR count). The molecule has 0 aliphatic rings. The van der Waals surface area contributed by atoms with Crippen molar-refractivity contribution in [3.05, 3.63) is 23.8 Å². The van der Waals surface area contributed by atoms with Crippen molar-refractivity contribution >= 4 is 17.5 Å². The molecule has 120 valence electrons. The summed E-state index contributed by atoms with van der Waals surface area (Å²) < 4.78 is 20.0. The normalized spacial score (nSPS) is 10.8. The van der Waals surface area contributed by atoms with Crippen LogP contribution in [0.5, 0.6) is 17.2 Å². The van der Waals surface area contributed by atoms with E-state index in [2.05, 4.69) is 4.74 Å². The lowest BCUT2D eigenvalue weighted by atomic mass is 10.1. The van der Waals surface area contributed by atoms with Crippen LogP contribution in [0.3, 0.4) is 0 Å². The molecule has 0 heterocycles. The van der Waals surface area contributed by atoms with E-state index in [1.165, 1.54) is 33.5 Å². The Hall–Kier alpha value is -2.70. The smallest absolute Gasteiger partial charge is 0.379 e. The molecular formula is C15H18O7. The van der Waals surface area contributed by atoms with Crippen molar-refractivity contribution in [3.63, 3.8) is 0 Å². The average molecular weight is 310 g/mol. The zero-order chi connectivity index (χ0) is 16.7. The number of hydrogen-bond acceptors (Lipinski definition) is 7. The van der Waals surface area contributed by atoms with Crippen LogP contribution >= 0.6 is 0 Å². The number of aliphatic hydroxyl groups is 1. The first-order valence-electron chi connectivity index (χ1n) is 6.40. The summed E-state index contributed by atoms with van der Waals surface area (Å²) in [6, 6.07) is 2.90. The van der Waals surface area contributed by atoms with Gasteiger partial charge in [-0.15, -0.1) is 0 Å². The average Bonchev–Trinajstić information content (AvgIpc) is 2.53. The Bertz CT molecular complexity index is 565. The van der Waals surface area contributed by atoms with Gasteiger partial charge in [0, 0.05) is 11.6 Å². The Morgan fingerprint density at radius 2 is 1.64 bits per heavy atom. The summed E-state index contributed by atoms with van der Waals surface area (Å²) in [6.07, 6.45) is 0.776. The van der Waals surface area contributed by atoms with Crippen molar-refractivity contribution in [3.8, 4) is 17.2 Å². The summed E-state index contributed by atoms with van der Waals surface area (Å²) in [5.41, 5.74) is 0.229. The van der Waals surface area contributed by atoms with Gasteiger partial charge in [0.25, 0.3) is 5.78 Å². The Labute approximate surface area is 128 Å². The third-order valence-corrected chi connectivity index (χ3v) is 2.70. The number of esters is 1. The van der Waals surface area contributed by atoms with E-state index in [-0.39, 0.29) is 12.2 Å². The third kappa shape index (κ3) is 3.91. The predicted octanol–water partition coefficient (Wildman–Crippen LogP) is 1.74. The standard InChI is InChI=1S/C15H18O7/c1-5-22-15(18)11(17)8-10(16)9-6-12(19-2)14(21-4)13(7-9)20-3/h6-8,16H,5H2,1-4H3/b10-8+. The van der Waals surface area contributed by atoms with Crippen LogP contribution in [-0.2, 0) is 14.3 Å². The molecule has 1 aromatic rings. The number of carbonyl (C=O) groups excluding carboxylic acids is 2. The largest absolute Gasteiger partial charge is 0.507 e. The second kappa shape index (κ2) is 7.92. The molecule has 0 aliphatic carbocycles. The van der Waals surface area contributed by atoms with Crippen LogP contribution in [0.1, 0.15) is 12.5 Å². The Morgan fingerprint density at radius 1 is 1.09 bits per heavy atom. The van der Waals surface area contributed by atoms with Crippen LogP contribution in [-0.4, -0.2) is 44.8 Å². The number of carbonyl (C=O) groups is 2. The molecule has 1 N–H and O–H groups in total. The van der Waals surface area contributed by atoms with E-state index in [0.29, 0.717) is 17.2 Å². The Balaban J connectivity index is 3.20. The van der Waals surface area contributed by atoms with Crippen molar-refractivity contribution in [1.82, 2.24) is 0 Å². The molecule has 0 aromatic heterocycles. The first-order chi connectivity index (χ1) is 10.5. The van der Waals surface area contributed by atoms with Gasteiger partial charge in [-0.3, -0.25) is 4.79 Å². The zero-order valence-electron chi connectivity index (χ0n) is 12.8. The summed E-state index contributed by atoms with van der Waals surface area (Å²) in [4.78, 5) is 22.8. The topological polar surface area (TPSA) is 91.3 Å². The van der Waals surface area contributed by atoms with Gasteiger partial charge in [-0.1, -0.05) is 0 Å². The van der Waals surface area contributed by atoms with E-state index in [1.54, 1.807) is 6.92 Å². The molecule has 0 fully saturated rings. The van der Waals surface area contributed by atoms with Gasteiger partial charge in [-0.2, -0.15) is 0 Å². The number of benzene rings is 1. The molecule has 0 bridgehead atoms. The van der Waals surface area contributed by atoms with Gasteiger partial charge in [0.1, 0.15) is 5.76 Å². The van der Waals surface area contributed by atoms with E-state index in [9.17, 15) is 14.7 Å². The van der Waals surface area contributed by atoms with E-state index >= 15 is 0 Å². The number of aliphatic hydroxyl groups excluding tert-OH is 1. The third-order valence-electron chi connectivity index (χ3n) is 2.70. The van der Waals surface area contributed by atoms with Crippen molar-refractivity contribution in [2.24, 2.45) is 0 Å². The maximum atomic E-state index is 11.6. The number of hydrogen-bond donors (Lipinski definition) is 1. The first-order valence-corrected chi connectivity index (χ1v) is 6.40. The summed E-state index contributed by atoms with van der Waals surface area (Å²) in [6.45, 7) is 1.65. The lowest BCUT2D eigenvalue weighted by Crippen LogP contribution is -2.15. The first kappa shape index (κ1) is 17.4. The number of ketones is 1. The van der Waals surface area contributed by atoms with Crippen LogP contribution in [0, 0.1) is 0 Å². The predicted molar refractivity (Wildman–Crippen MR) is 78.3 cm³/mol. The molecule has 0 radical (unpaired) electrons. The van der Waals surface area contributed by atoms with E-state index < -0.39 is 17.5 Å². The minimum Gasteiger partial charge on any atom is -0.507 e. The monoisotopic (exact) mass is 310 g/mol. The maximum absolute atomic E-state index is 11.6. The van der Waals surface area contributed by atoms with Gasteiger partial charge in [0.2, 0.25) is 5.75 Å². The van der Waals surface area contributed by atoms with Crippen LogP contribution in [0.4, 0.5) is 0 Å². The van der Waals surface area contributed by atoms with Crippen LogP contribution in [0.15, 0.2) is 18.2 Å². The molecule has 0 spiro atoms. The molecule has 7 nitrogen and oxygen atoms in total. The van der Waals surface area contributed by atoms with Crippen molar-refractivity contribution in [1.29, 1.82) is 0 Å². The highest BCUT2D eigenvalue weighted by Crippen LogP contribution is 2.39. The van der Waals surface area contributed by atoms with Crippen LogP contribution in [0.25, 0.3) is 5.76 Å². The van der Waals surface area contributed by atoms with Crippen molar-refractivity contribution < 1.29 is 33.6 Å². The summed E-state index contributed by atoms with van der Waals surface area (Å²) in [5.74, 6) is -1.47. The fraction of sp³-hybridized carbons (Fsp3) is 0.333. The second-order valence-electron chi connectivity index (χ2n) is 4.03. The summed E-state index contributed by atoms with van der Waals surface area (Å²) in [7, 11) is 4.29. The molecular weight excluding hydrogens is 292 g/mol. The van der Waals surface area contributed by atoms with E-state index in [4.69, 9.17) is 14.2 Å². The van der Waals surface area contributed by atoms with Gasteiger partial charge in [-0.25, -0.2) is 4.79 Å². The fourth-order valence-corrected chi connectivity index (χ4v) is 1.70. The Kier molecular flexibility index (Phi) is 6.25. The highest BCUT2D eigenvalue weighted by atomic mass is 16.5. The number of ether oxygens (including phenoxy) is 4. The summed E-state index contributed by atoms with van der Waals surface area (Å²) >= 11 is 0. The molecule has 7 heteroatoms.